The van der Waals surface area contributed by atoms with Crippen LogP contribution in [0.3, 0.4) is 0 Å². The highest BCUT2D eigenvalue weighted by molar-refractivity contribution is 6.30. The Balaban J connectivity index is 1.89. The Kier molecular flexibility index (Phi) is 4.61. The molecule has 4 nitrogen and oxygen atoms in total. The number of hydrogen-bond donors (Lipinski definition) is 2. The Morgan fingerprint density at radius 2 is 2.37 bits per heavy atom. The van der Waals surface area contributed by atoms with Crippen LogP contribution in [0.2, 0.25) is 5.02 Å². The maximum Gasteiger partial charge on any atom is 0.319 e. The van der Waals surface area contributed by atoms with Crippen LogP contribution in [0, 0.1) is 5.82 Å². The van der Waals surface area contributed by atoms with Gasteiger partial charge in [-0.05, 0) is 38.0 Å². The van der Waals surface area contributed by atoms with Crippen LogP contribution in [0.25, 0.3) is 0 Å². The van der Waals surface area contributed by atoms with Crippen LogP contribution in [-0.4, -0.2) is 24.8 Å². The van der Waals surface area contributed by atoms with E-state index in [2.05, 4.69) is 10.6 Å². The minimum absolute atomic E-state index is 0.0285. The first-order chi connectivity index (χ1) is 9.06. The van der Waals surface area contributed by atoms with E-state index in [1.54, 1.807) is 0 Å². The standard InChI is InChI=1S/C13H16ClFN2O2/c1-8(12-3-2-6-19-12)16-13(18)17-11-5-4-9(14)7-10(11)15/h4-5,7-8,12H,2-3,6H2,1H3,(H2,16,17,18)/t8-,12-/m0/s1. The molecule has 1 fully saturated rings. The summed E-state index contributed by atoms with van der Waals surface area (Å²) in [6.45, 7) is 2.60. The number of ether oxygens (including phenoxy) is 1. The largest absolute Gasteiger partial charge is 0.376 e. The lowest BCUT2D eigenvalue weighted by molar-refractivity contribution is 0.0868. The lowest BCUT2D eigenvalue weighted by atomic mass is 10.1. The van der Waals surface area contributed by atoms with E-state index < -0.39 is 11.8 Å². The lowest BCUT2D eigenvalue weighted by Crippen LogP contribution is -2.43. The van der Waals surface area contributed by atoms with E-state index in [0.29, 0.717) is 0 Å². The number of benzene rings is 1. The molecule has 2 amide bonds. The third kappa shape index (κ3) is 3.81. The van der Waals surface area contributed by atoms with Crippen LogP contribution in [0.1, 0.15) is 19.8 Å². The minimum Gasteiger partial charge on any atom is -0.376 e. The van der Waals surface area contributed by atoms with Crippen molar-refractivity contribution < 1.29 is 13.9 Å². The molecule has 0 unspecified atom stereocenters. The second-order valence-electron chi connectivity index (χ2n) is 4.56. The van der Waals surface area contributed by atoms with Gasteiger partial charge in [-0.25, -0.2) is 9.18 Å². The first-order valence-electron chi connectivity index (χ1n) is 6.20. The fraction of sp³-hybridized carbons (Fsp3) is 0.462. The first kappa shape index (κ1) is 14.1. The Morgan fingerprint density at radius 1 is 1.58 bits per heavy atom. The van der Waals surface area contributed by atoms with Crippen molar-refractivity contribution >= 4 is 23.3 Å². The van der Waals surface area contributed by atoms with Gasteiger partial charge in [0.15, 0.2) is 0 Å². The van der Waals surface area contributed by atoms with Gasteiger partial charge in [-0.2, -0.15) is 0 Å². The van der Waals surface area contributed by atoms with E-state index in [0.717, 1.165) is 25.5 Å². The maximum absolute atomic E-state index is 13.5. The monoisotopic (exact) mass is 286 g/mol. The summed E-state index contributed by atoms with van der Waals surface area (Å²) in [5.41, 5.74) is 0.0986. The van der Waals surface area contributed by atoms with Crippen molar-refractivity contribution in [1.82, 2.24) is 5.32 Å². The molecule has 0 aromatic heterocycles. The van der Waals surface area contributed by atoms with Crippen LogP contribution in [0.5, 0.6) is 0 Å². The summed E-state index contributed by atoms with van der Waals surface area (Å²) in [4.78, 5) is 11.7. The fourth-order valence-electron chi connectivity index (χ4n) is 2.05. The van der Waals surface area contributed by atoms with Crippen molar-refractivity contribution in [3.05, 3.63) is 29.0 Å². The molecule has 2 N–H and O–H groups in total. The molecule has 0 radical (unpaired) electrons. The molecule has 1 aliphatic rings. The van der Waals surface area contributed by atoms with Gasteiger partial charge in [0, 0.05) is 11.6 Å². The molecule has 2 atom stereocenters. The van der Waals surface area contributed by atoms with Gasteiger partial charge in [-0.15, -0.1) is 0 Å². The number of urea groups is 1. The van der Waals surface area contributed by atoms with Gasteiger partial charge in [0.1, 0.15) is 5.82 Å². The molecule has 104 valence electrons. The van der Waals surface area contributed by atoms with Crippen molar-refractivity contribution in [2.75, 3.05) is 11.9 Å². The molecular formula is C13H16ClFN2O2. The molecule has 1 aromatic rings. The second-order valence-corrected chi connectivity index (χ2v) is 5.00. The topological polar surface area (TPSA) is 50.4 Å². The van der Waals surface area contributed by atoms with Gasteiger partial charge in [0.25, 0.3) is 0 Å². The maximum atomic E-state index is 13.5. The van der Waals surface area contributed by atoms with Gasteiger partial charge < -0.3 is 15.4 Å². The van der Waals surface area contributed by atoms with Crippen LogP contribution >= 0.6 is 11.6 Å². The molecule has 0 saturated carbocycles. The summed E-state index contributed by atoms with van der Waals surface area (Å²) in [5.74, 6) is -0.563. The summed E-state index contributed by atoms with van der Waals surface area (Å²) in [6.07, 6.45) is 1.96. The van der Waals surface area contributed by atoms with Crippen molar-refractivity contribution in [1.29, 1.82) is 0 Å². The normalized spacial score (nSPS) is 20.1. The zero-order valence-corrected chi connectivity index (χ0v) is 11.3. The van der Waals surface area contributed by atoms with Crippen molar-refractivity contribution in [3.63, 3.8) is 0 Å². The molecule has 0 spiro atoms. The number of hydrogen-bond acceptors (Lipinski definition) is 2. The van der Waals surface area contributed by atoms with Gasteiger partial charge in [0.2, 0.25) is 0 Å². The van der Waals surface area contributed by atoms with E-state index in [-0.39, 0.29) is 22.9 Å². The van der Waals surface area contributed by atoms with E-state index in [9.17, 15) is 9.18 Å². The average molecular weight is 287 g/mol. The van der Waals surface area contributed by atoms with Gasteiger partial charge in [-0.3, -0.25) is 0 Å². The SMILES string of the molecule is C[C@H](NC(=O)Nc1ccc(Cl)cc1F)[C@@H]1CCCO1. The summed E-state index contributed by atoms with van der Waals surface area (Å²) in [6, 6.07) is 3.53. The smallest absolute Gasteiger partial charge is 0.319 e. The molecule has 0 bridgehead atoms. The molecule has 0 aliphatic carbocycles. The van der Waals surface area contributed by atoms with Gasteiger partial charge in [0.05, 0.1) is 17.8 Å². The number of amides is 2. The van der Waals surface area contributed by atoms with Crippen LogP contribution < -0.4 is 10.6 Å². The molecule has 1 saturated heterocycles. The molecule has 6 heteroatoms. The van der Waals surface area contributed by atoms with Crippen LogP contribution in [0.15, 0.2) is 18.2 Å². The summed E-state index contributed by atoms with van der Waals surface area (Å²) in [5, 5.41) is 5.48. The van der Waals surface area contributed by atoms with Crippen molar-refractivity contribution in [2.45, 2.75) is 31.9 Å². The molecule has 1 aliphatic heterocycles. The number of carbonyl (C=O) groups excluding carboxylic acids is 1. The van der Waals surface area contributed by atoms with E-state index in [4.69, 9.17) is 16.3 Å². The number of rotatable bonds is 3. The molecule has 1 aromatic carbocycles. The van der Waals surface area contributed by atoms with Gasteiger partial charge >= 0.3 is 6.03 Å². The Morgan fingerprint density at radius 3 is 3.00 bits per heavy atom. The van der Waals surface area contributed by atoms with E-state index in [1.165, 1.54) is 12.1 Å². The molecule has 19 heavy (non-hydrogen) atoms. The van der Waals surface area contributed by atoms with Gasteiger partial charge in [-0.1, -0.05) is 11.6 Å². The molecule has 2 rings (SSSR count). The Labute approximate surface area is 116 Å². The molecular weight excluding hydrogens is 271 g/mol. The van der Waals surface area contributed by atoms with Crippen LogP contribution in [0.4, 0.5) is 14.9 Å². The third-order valence-corrected chi connectivity index (χ3v) is 3.30. The van der Waals surface area contributed by atoms with E-state index >= 15 is 0 Å². The minimum atomic E-state index is -0.563. The number of carbonyl (C=O) groups is 1. The summed E-state index contributed by atoms with van der Waals surface area (Å²) < 4.78 is 19.0. The average Bonchev–Trinajstić information content (AvgIpc) is 2.86. The van der Waals surface area contributed by atoms with Crippen molar-refractivity contribution in [2.24, 2.45) is 0 Å². The zero-order chi connectivity index (χ0) is 13.8. The predicted molar refractivity (Wildman–Crippen MR) is 72.0 cm³/mol. The number of nitrogens with one attached hydrogen (secondary N) is 2. The number of halogens is 2. The Hall–Kier alpha value is -1.33. The van der Waals surface area contributed by atoms with Crippen LogP contribution in [-0.2, 0) is 4.74 Å². The zero-order valence-electron chi connectivity index (χ0n) is 10.6. The Bertz CT molecular complexity index is 464. The quantitative estimate of drug-likeness (QED) is 0.897. The summed E-state index contributed by atoms with van der Waals surface area (Å²) in [7, 11) is 0. The summed E-state index contributed by atoms with van der Waals surface area (Å²) >= 11 is 5.64. The number of anilines is 1. The van der Waals surface area contributed by atoms with E-state index in [1.807, 2.05) is 6.92 Å². The predicted octanol–water partition coefficient (Wildman–Crippen LogP) is 3.17. The molecule has 1 heterocycles. The highest BCUT2D eigenvalue weighted by atomic mass is 35.5. The van der Waals surface area contributed by atoms with Crippen molar-refractivity contribution in [3.8, 4) is 0 Å². The first-order valence-corrected chi connectivity index (χ1v) is 6.58. The highest BCUT2D eigenvalue weighted by Gasteiger charge is 2.23. The second kappa shape index (κ2) is 6.21. The lowest BCUT2D eigenvalue weighted by Gasteiger charge is -2.20. The fourth-order valence-corrected chi connectivity index (χ4v) is 2.20. The highest BCUT2D eigenvalue weighted by Crippen LogP contribution is 2.19. The third-order valence-electron chi connectivity index (χ3n) is 3.06.